The molecule has 0 atom stereocenters. The highest BCUT2D eigenvalue weighted by atomic mass is 16.3. The molecule has 0 fully saturated rings. The monoisotopic (exact) mass is 313 g/mol. The summed E-state index contributed by atoms with van der Waals surface area (Å²) >= 11 is 0. The Hall–Kier alpha value is -2.53. The number of hydrogen-bond acceptors (Lipinski definition) is 4. The Morgan fingerprint density at radius 3 is 2.52 bits per heavy atom. The van der Waals surface area contributed by atoms with E-state index in [4.69, 9.17) is 5.11 Å². The van der Waals surface area contributed by atoms with Crippen molar-refractivity contribution in [3.8, 4) is 0 Å². The first-order chi connectivity index (χ1) is 11.1. The molecule has 5 heteroatoms. The molecule has 0 aromatic heterocycles. The molecule has 0 aliphatic heterocycles. The Balaban J connectivity index is 1.96. The molecule has 0 saturated heterocycles. The lowest BCUT2D eigenvalue weighted by Gasteiger charge is -2.13. The van der Waals surface area contributed by atoms with E-state index in [1.807, 2.05) is 26.2 Å². The molecule has 3 N–H and O–H groups in total. The molecule has 0 radical (unpaired) electrons. The highest BCUT2D eigenvalue weighted by molar-refractivity contribution is 5.95. The summed E-state index contributed by atoms with van der Waals surface area (Å²) in [6.07, 6.45) is 0. The van der Waals surface area contributed by atoms with Crippen LogP contribution in [-0.2, 0) is 6.54 Å². The lowest BCUT2D eigenvalue weighted by molar-refractivity contribution is 0.0945. The van der Waals surface area contributed by atoms with Crippen LogP contribution in [0.2, 0.25) is 0 Å². The van der Waals surface area contributed by atoms with Crippen LogP contribution in [0.3, 0.4) is 0 Å². The van der Waals surface area contributed by atoms with E-state index >= 15 is 0 Å². The quantitative estimate of drug-likeness (QED) is 0.732. The maximum atomic E-state index is 11.9. The van der Waals surface area contributed by atoms with Crippen molar-refractivity contribution in [2.45, 2.75) is 6.54 Å². The molecule has 0 bridgehead atoms. The van der Waals surface area contributed by atoms with Gasteiger partial charge in [0.15, 0.2) is 0 Å². The van der Waals surface area contributed by atoms with E-state index in [1.54, 1.807) is 12.1 Å². The molecule has 0 unspecified atom stereocenters. The maximum absolute atomic E-state index is 11.9. The first-order valence-corrected chi connectivity index (χ1v) is 7.59. The predicted octanol–water partition coefficient (Wildman–Crippen LogP) is 2.09. The number of anilines is 2. The molecule has 2 aromatic carbocycles. The van der Waals surface area contributed by atoms with Gasteiger partial charge in [-0.1, -0.05) is 18.2 Å². The van der Waals surface area contributed by atoms with E-state index in [2.05, 4.69) is 39.8 Å². The summed E-state index contributed by atoms with van der Waals surface area (Å²) in [5.41, 5.74) is 3.80. The van der Waals surface area contributed by atoms with Gasteiger partial charge in [-0.15, -0.1) is 0 Å². The number of amides is 1. The van der Waals surface area contributed by atoms with Crippen molar-refractivity contribution in [3.63, 3.8) is 0 Å². The van der Waals surface area contributed by atoms with Crippen LogP contribution in [0.5, 0.6) is 0 Å². The minimum atomic E-state index is -0.182. The molecule has 2 rings (SSSR count). The topological polar surface area (TPSA) is 64.6 Å². The molecule has 0 saturated carbocycles. The lowest BCUT2D eigenvalue weighted by atomic mass is 10.1. The first kappa shape index (κ1) is 16.8. The van der Waals surface area contributed by atoms with Gasteiger partial charge in [0.05, 0.1) is 6.61 Å². The lowest BCUT2D eigenvalue weighted by Crippen LogP contribution is -2.26. The predicted molar refractivity (Wildman–Crippen MR) is 94.0 cm³/mol. The Morgan fingerprint density at radius 1 is 1.13 bits per heavy atom. The average Bonchev–Trinajstić information content (AvgIpc) is 2.58. The minimum Gasteiger partial charge on any atom is -0.395 e. The third-order valence-corrected chi connectivity index (χ3v) is 3.47. The summed E-state index contributed by atoms with van der Waals surface area (Å²) in [6.45, 7) is 0.886. The molecule has 0 aliphatic rings. The summed E-state index contributed by atoms with van der Waals surface area (Å²) in [7, 11) is 4.03. The van der Waals surface area contributed by atoms with Gasteiger partial charge in [0.1, 0.15) is 0 Å². The smallest absolute Gasteiger partial charge is 0.251 e. The average molecular weight is 313 g/mol. The second-order valence-corrected chi connectivity index (χ2v) is 5.47. The largest absolute Gasteiger partial charge is 0.395 e. The normalized spacial score (nSPS) is 10.2. The van der Waals surface area contributed by atoms with Crippen LogP contribution in [0.25, 0.3) is 0 Å². The number of carbonyl (C=O) groups excluding carboxylic acids is 1. The molecule has 23 heavy (non-hydrogen) atoms. The molecule has 2 aromatic rings. The van der Waals surface area contributed by atoms with Crippen LogP contribution < -0.4 is 15.5 Å². The van der Waals surface area contributed by atoms with E-state index in [9.17, 15) is 4.79 Å². The summed E-state index contributed by atoms with van der Waals surface area (Å²) in [5, 5.41) is 14.7. The fourth-order valence-corrected chi connectivity index (χ4v) is 2.16. The Labute approximate surface area is 136 Å². The van der Waals surface area contributed by atoms with Gasteiger partial charge in [-0.05, 0) is 35.9 Å². The molecular weight excluding hydrogens is 290 g/mol. The number of hydrogen-bond donors (Lipinski definition) is 3. The Morgan fingerprint density at radius 2 is 1.87 bits per heavy atom. The van der Waals surface area contributed by atoms with Crippen LogP contribution in [0, 0.1) is 0 Å². The third-order valence-electron chi connectivity index (χ3n) is 3.47. The van der Waals surface area contributed by atoms with Crippen molar-refractivity contribution in [2.24, 2.45) is 0 Å². The summed E-state index contributed by atoms with van der Waals surface area (Å²) in [6, 6.07) is 15.7. The first-order valence-electron chi connectivity index (χ1n) is 7.59. The van der Waals surface area contributed by atoms with E-state index in [1.165, 1.54) is 5.56 Å². The van der Waals surface area contributed by atoms with Crippen LogP contribution in [0.1, 0.15) is 15.9 Å². The molecule has 5 nitrogen and oxygen atoms in total. The third kappa shape index (κ3) is 5.00. The van der Waals surface area contributed by atoms with Crippen molar-refractivity contribution in [1.82, 2.24) is 5.32 Å². The highest BCUT2D eigenvalue weighted by Gasteiger charge is 2.05. The zero-order chi connectivity index (χ0) is 16.7. The standard InChI is InChI=1S/C18H23N3O2/c1-21(2)17-8-6-14(7-9-17)13-20-16-5-3-4-15(12-16)18(23)19-10-11-22/h3-9,12,20,22H,10-11,13H2,1-2H3,(H,19,23). The fraction of sp³-hybridized carbons (Fsp3) is 0.278. The number of aliphatic hydroxyl groups excluding tert-OH is 1. The van der Waals surface area contributed by atoms with Gasteiger partial charge >= 0.3 is 0 Å². The molecule has 1 amide bonds. The molecule has 0 spiro atoms. The maximum Gasteiger partial charge on any atom is 0.251 e. The van der Waals surface area contributed by atoms with Crippen LogP contribution in [0.15, 0.2) is 48.5 Å². The van der Waals surface area contributed by atoms with Crippen LogP contribution in [-0.4, -0.2) is 38.3 Å². The number of aliphatic hydroxyl groups is 1. The van der Waals surface area contributed by atoms with Gasteiger partial charge in [0.25, 0.3) is 5.91 Å². The van der Waals surface area contributed by atoms with Gasteiger partial charge in [-0.2, -0.15) is 0 Å². The van der Waals surface area contributed by atoms with Crippen LogP contribution in [0.4, 0.5) is 11.4 Å². The van der Waals surface area contributed by atoms with Crippen molar-refractivity contribution < 1.29 is 9.90 Å². The number of rotatable bonds is 7. The SMILES string of the molecule is CN(C)c1ccc(CNc2cccc(C(=O)NCCO)c2)cc1. The zero-order valence-electron chi connectivity index (χ0n) is 13.5. The van der Waals surface area contributed by atoms with Gasteiger partial charge in [0.2, 0.25) is 0 Å². The number of carbonyl (C=O) groups is 1. The van der Waals surface area contributed by atoms with Gasteiger partial charge in [0, 0.05) is 44.1 Å². The van der Waals surface area contributed by atoms with Crippen molar-refractivity contribution in [2.75, 3.05) is 37.5 Å². The summed E-state index contributed by atoms with van der Waals surface area (Å²) in [4.78, 5) is 13.9. The molecule has 0 aliphatic carbocycles. The van der Waals surface area contributed by atoms with Crippen molar-refractivity contribution in [1.29, 1.82) is 0 Å². The molecule has 0 heterocycles. The van der Waals surface area contributed by atoms with E-state index in [-0.39, 0.29) is 19.1 Å². The fourth-order valence-electron chi connectivity index (χ4n) is 2.16. The van der Waals surface area contributed by atoms with Crippen molar-refractivity contribution >= 4 is 17.3 Å². The second kappa shape index (κ2) is 8.19. The highest BCUT2D eigenvalue weighted by Crippen LogP contribution is 2.15. The number of benzene rings is 2. The zero-order valence-corrected chi connectivity index (χ0v) is 13.5. The van der Waals surface area contributed by atoms with E-state index in [0.29, 0.717) is 12.1 Å². The second-order valence-electron chi connectivity index (χ2n) is 5.47. The van der Waals surface area contributed by atoms with Gasteiger partial charge in [-0.25, -0.2) is 0 Å². The molecular formula is C18H23N3O2. The Kier molecular flexibility index (Phi) is 6.00. The van der Waals surface area contributed by atoms with Gasteiger partial charge < -0.3 is 20.6 Å². The van der Waals surface area contributed by atoms with Crippen LogP contribution >= 0.6 is 0 Å². The Bertz CT molecular complexity index is 639. The van der Waals surface area contributed by atoms with E-state index < -0.39 is 0 Å². The van der Waals surface area contributed by atoms with Crippen molar-refractivity contribution in [3.05, 3.63) is 59.7 Å². The number of nitrogens with zero attached hydrogens (tertiary/aromatic N) is 1. The molecule has 122 valence electrons. The van der Waals surface area contributed by atoms with E-state index in [0.717, 1.165) is 11.4 Å². The number of nitrogens with one attached hydrogen (secondary N) is 2. The summed E-state index contributed by atoms with van der Waals surface area (Å²) < 4.78 is 0. The minimum absolute atomic E-state index is 0.0629. The summed E-state index contributed by atoms with van der Waals surface area (Å²) in [5.74, 6) is -0.182. The van der Waals surface area contributed by atoms with Gasteiger partial charge in [-0.3, -0.25) is 4.79 Å².